The molecule has 2 atom stereocenters. The molecule has 3 aromatic carbocycles. The summed E-state index contributed by atoms with van der Waals surface area (Å²) >= 11 is 0. The molecule has 13 heteroatoms. The Morgan fingerprint density at radius 2 is 1.20 bits per heavy atom. The summed E-state index contributed by atoms with van der Waals surface area (Å²) in [6, 6.07) is 13.9. The molecule has 44 heavy (non-hydrogen) atoms. The van der Waals surface area contributed by atoms with E-state index in [1.165, 1.54) is 20.8 Å². The first-order chi connectivity index (χ1) is 20.8. The van der Waals surface area contributed by atoms with E-state index < -0.39 is 83.3 Å². The molecule has 0 spiro atoms. The zero-order chi connectivity index (χ0) is 32.4. The largest absolute Gasteiger partial charge is 0.459 e. The van der Waals surface area contributed by atoms with Crippen molar-refractivity contribution in [2.24, 2.45) is 0 Å². The third kappa shape index (κ3) is 9.76. The van der Waals surface area contributed by atoms with Gasteiger partial charge in [-0.25, -0.2) is 31.5 Å². The minimum atomic E-state index is -2.39. The number of amides is 2. The van der Waals surface area contributed by atoms with Crippen LogP contribution in [0.15, 0.2) is 60.7 Å². The lowest BCUT2D eigenvalue weighted by molar-refractivity contribution is -0.151. The van der Waals surface area contributed by atoms with Gasteiger partial charge in [-0.1, -0.05) is 60.7 Å². The van der Waals surface area contributed by atoms with Crippen molar-refractivity contribution in [1.29, 1.82) is 0 Å². The van der Waals surface area contributed by atoms with E-state index in [1.807, 2.05) is 0 Å². The molecule has 0 aliphatic carbocycles. The Labute approximate surface area is 250 Å². The van der Waals surface area contributed by atoms with Crippen LogP contribution in [0.2, 0.25) is 0 Å². The lowest BCUT2D eigenvalue weighted by atomic mass is 10.0. The SMILES string of the molecule is CC(C)(C)OC(=O)N[C@@H](Cc1c(F)c(F)c(F)c(F)c1F)C(=O)N[C@@H](COCc1ccccc1)C(=O)OCc1ccccc1. The Morgan fingerprint density at radius 1 is 0.705 bits per heavy atom. The molecule has 3 rings (SSSR count). The fraction of sp³-hybridized carbons (Fsp3) is 0.323. The maximum atomic E-state index is 14.5. The lowest BCUT2D eigenvalue weighted by Gasteiger charge is -2.25. The number of nitrogens with one attached hydrogen (secondary N) is 2. The van der Waals surface area contributed by atoms with Crippen LogP contribution in [0.5, 0.6) is 0 Å². The van der Waals surface area contributed by atoms with E-state index in [4.69, 9.17) is 14.2 Å². The van der Waals surface area contributed by atoms with E-state index >= 15 is 0 Å². The fourth-order valence-corrected chi connectivity index (χ4v) is 3.83. The van der Waals surface area contributed by atoms with Crippen LogP contribution in [0.1, 0.15) is 37.5 Å². The molecule has 0 heterocycles. The van der Waals surface area contributed by atoms with Gasteiger partial charge in [0.05, 0.1) is 13.2 Å². The van der Waals surface area contributed by atoms with E-state index in [1.54, 1.807) is 60.7 Å². The third-order valence-corrected chi connectivity index (χ3v) is 5.94. The van der Waals surface area contributed by atoms with Gasteiger partial charge >= 0.3 is 12.1 Å². The van der Waals surface area contributed by atoms with Crippen molar-refractivity contribution in [1.82, 2.24) is 10.6 Å². The molecule has 8 nitrogen and oxygen atoms in total. The monoisotopic (exact) mass is 622 g/mol. The van der Waals surface area contributed by atoms with Gasteiger partial charge < -0.3 is 24.8 Å². The number of hydrogen-bond donors (Lipinski definition) is 2. The van der Waals surface area contributed by atoms with Crippen LogP contribution >= 0.6 is 0 Å². The summed E-state index contributed by atoms with van der Waals surface area (Å²) in [4.78, 5) is 38.9. The molecule has 0 fully saturated rings. The molecule has 236 valence electrons. The van der Waals surface area contributed by atoms with Crippen molar-refractivity contribution in [2.75, 3.05) is 6.61 Å². The first-order valence-electron chi connectivity index (χ1n) is 13.4. The van der Waals surface area contributed by atoms with Gasteiger partial charge in [0.15, 0.2) is 29.3 Å². The summed E-state index contributed by atoms with van der Waals surface area (Å²) in [5.41, 5.74) is -1.07. The van der Waals surface area contributed by atoms with Gasteiger partial charge in [0.2, 0.25) is 11.7 Å². The van der Waals surface area contributed by atoms with Gasteiger partial charge in [-0.15, -0.1) is 0 Å². The first kappa shape index (κ1) is 34.0. The standard InChI is InChI=1S/C31H31F5N2O6/c1-31(2,3)44-30(41)38-21(14-20-23(32)25(34)27(36)26(35)24(20)33)28(39)37-22(17-42-15-18-10-6-4-7-11-18)29(40)43-16-19-12-8-5-9-13-19/h4-13,21-22H,14-17H2,1-3H3,(H,37,39)(H,38,41)/t21-,22-/m0/s1. The Bertz CT molecular complexity index is 1420. The predicted octanol–water partition coefficient (Wildman–Crippen LogP) is 5.26. The molecule has 0 unspecified atom stereocenters. The van der Waals surface area contributed by atoms with Gasteiger partial charge in [-0.2, -0.15) is 0 Å². The molecule has 0 saturated heterocycles. The molecule has 3 aromatic rings. The Hall–Kier alpha value is -4.52. The highest BCUT2D eigenvalue weighted by molar-refractivity contribution is 5.90. The van der Waals surface area contributed by atoms with E-state index in [2.05, 4.69) is 10.6 Å². The molecule has 2 amide bonds. The molecule has 0 aliphatic rings. The highest BCUT2D eigenvalue weighted by Gasteiger charge is 2.33. The van der Waals surface area contributed by atoms with Crippen LogP contribution in [0, 0.1) is 29.1 Å². The summed E-state index contributed by atoms with van der Waals surface area (Å²) in [6.07, 6.45) is -2.42. The van der Waals surface area contributed by atoms with Crippen LogP contribution in [0.25, 0.3) is 0 Å². The summed E-state index contributed by atoms with van der Waals surface area (Å²) < 4.78 is 86.5. The average molecular weight is 623 g/mol. The molecular formula is C31H31F5N2O6. The van der Waals surface area contributed by atoms with E-state index in [-0.39, 0.29) is 13.2 Å². The highest BCUT2D eigenvalue weighted by atomic mass is 19.2. The number of benzene rings is 3. The van der Waals surface area contributed by atoms with Crippen LogP contribution in [0.3, 0.4) is 0 Å². The number of esters is 1. The molecule has 0 bridgehead atoms. The maximum absolute atomic E-state index is 14.5. The van der Waals surface area contributed by atoms with Gasteiger partial charge in [-0.05, 0) is 31.9 Å². The Kier molecular flexibility index (Phi) is 11.8. The molecule has 0 aliphatic heterocycles. The van der Waals surface area contributed by atoms with Crippen LogP contribution in [0.4, 0.5) is 26.7 Å². The number of alkyl carbamates (subject to hydrolysis) is 1. The van der Waals surface area contributed by atoms with Crippen molar-refractivity contribution < 1.29 is 50.5 Å². The van der Waals surface area contributed by atoms with Crippen molar-refractivity contribution in [3.8, 4) is 0 Å². The van der Waals surface area contributed by atoms with Gasteiger partial charge in [0.25, 0.3) is 0 Å². The topological polar surface area (TPSA) is 103 Å². The summed E-state index contributed by atoms with van der Waals surface area (Å²) in [7, 11) is 0. The average Bonchev–Trinajstić information content (AvgIpc) is 2.99. The predicted molar refractivity (Wildman–Crippen MR) is 147 cm³/mol. The third-order valence-electron chi connectivity index (χ3n) is 5.94. The molecule has 0 aromatic heterocycles. The number of carbonyl (C=O) groups excluding carboxylic acids is 3. The summed E-state index contributed by atoms with van der Waals surface area (Å²) in [5, 5.41) is 4.37. The van der Waals surface area contributed by atoms with E-state index in [0.717, 1.165) is 5.56 Å². The van der Waals surface area contributed by atoms with E-state index in [9.17, 15) is 36.3 Å². The smallest absolute Gasteiger partial charge is 0.408 e. The van der Waals surface area contributed by atoms with Crippen molar-refractivity contribution >= 4 is 18.0 Å². The van der Waals surface area contributed by atoms with Crippen molar-refractivity contribution in [3.63, 3.8) is 0 Å². The second-order valence-electron chi connectivity index (χ2n) is 10.6. The number of hydrogen-bond acceptors (Lipinski definition) is 6. The lowest BCUT2D eigenvalue weighted by Crippen LogP contribution is -2.54. The number of carbonyl (C=O) groups is 3. The fourth-order valence-electron chi connectivity index (χ4n) is 3.83. The second-order valence-corrected chi connectivity index (χ2v) is 10.6. The van der Waals surface area contributed by atoms with Crippen molar-refractivity contribution in [2.45, 2.75) is 58.1 Å². The number of rotatable bonds is 12. The minimum Gasteiger partial charge on any atom is -0.459 e. The first-order valence-corrected chi connectivity index (χ1v) is 13.4. The maximum Gasteiger partial charge on any atom is 0.408 e. The zero-order valence-corrected chi connectivity index (χ0v) is 24.1. The normalized spacial score (nSPS) is 12.6. The zero-order valence-electron chi connectivity index (χ0n) is 24.1. The van der Waals surface area contributed by atoms with Crippen LogP contribution in [-0.4, -0.2) is 42.3 Å². The summed E-state index contributed by atoms with van der Waals surface area (Å²) in [6.45, 7) is 3.91. The molecule has 2 N–H and O–H groups in total. The molecular weight excluding hydrogens is 591 g/mol. The number of halogens is 5. The minimum absolute atomic E-state index is 0.0311. The molecule has 0 radical (unpaired) electrons. The van der Waals surface area contributed by atoms with Gasteiger partial charge in [-0.3, -0.25) is 4.79 Å². The van der Waals surface area contributed by atoms with E-state index in [0.29, 0.717) is 5.56 Å². The molecule has 0 saturated carbocycles. The number of ether oxygens (including phenoxy) is 3. The van der Waals surface area contributed by atoms with Crippen LogP contribution in [-0.2, 0) is 43.4 Å². The van der Waals surface area contributed by atoms with Crippen molar-refractivity contribution in [3.05, 3.63) is 106 Å². The second kappa shape index (κ2) is 15.3. The van der Waals surface area contributed by atoms with Gasteiger partial charge in [0, 0.05) is 12.0 Å². The Morgan fingerprint density at radius 3 is 1.73 bits per heavy atom. The Balaban J connectivity index is 1.86. The van der Waals surface area contributed by atoms with Gasteiger partial charge in [0.1, 0.15) is 18.2 Å². The summed E-state index contributed by atoms with van der Waals surface area (Å²) in [5.74, 6) is -13.4. The quantitative estimate of drug-likeness (QED) is 0.124. The highest BCUT2D eigenvalue weighted by Crippen LogP contribution is 2.24. The van der Waals surface area contributed by atoms with Crippen LogP contribution < -0.4 is 10.6 Å².